The molecular formula is C10H9FS2. The summed E-state index contributed by atoms with van der Waals surface area (Å²) in [6, 6.07) is 5.17. The van der Waals surface area contributed by atoms with Crippen molar-refractivity contribution in [3.05, 3.63) is 29.6 Å². The lowest BCUT2D eigenvalue weighted by Gasteiger charge is -1.96. The van der Waals surface area contributed by atoms with Gasteiger partial charge in [-0.3, -0.25) is 0 Å². The van der Waals surface area contributed by atoms with Crippen LogP contribution in [0.15, 0.2) is 22.4 Å². The van der Waals surface area contributed by atoms with Gasteiger partial charge < -0.3 is 0 Å². The van der Waals surface area contributed by atoms with Gasteiger partial charge in [0.2, 0.25) is 0 Å². The number of aryl methyl sites for hydroxylation is 1. The molecule has 13 heavy (non-hydrogen) atoms. The van der Waals surface area contributed by atoms with Crippen molar-refractivity contribution in [1.82, 2.24) is 0 Å². The van der Waals surface area contributed by atoms with E-state index in [1.165, 1.54) is 6.07 Å². The molecule has 0 aliphatic rings. The summed E-state index contributed by atoms with van der Waals surface area (Å²) in [5.41, 5.74) is 1.03. The molecule has 1 heterocycles. The standard InChI is InChI=1S/C10H9FS2/c1-2-6-9-7(11)4-3-5-8(9)13-10(6)12/h3-5,12H,2H2,1H3. The van der Waals surface area contributed by atoms with Crippen LogP contribution in [0, 0.1) is 5.82 Å². The van der Waals surface area contributed by atoms with Crippen LogP contribution in [-0.2, 0) is 6.42 Å². The molecule has 0 unspecified atom stereocenters. The van der Waals surface area contributed by atoms with Gasteiger partial charge in [0.15, 0.2) is 0 Å². The van der Waals surface area contributed by atoms with E-state index in [1.807, 2.05) is 13.0 Å². The van der Waals surface area contributed by atoms with E-state index in [0.29, 0.717) is 0 Å². The Morgan fingerprint density at radius 3 is 2.92 bits per heavy atom. The Balaban J connectivity index is 2.88. The zero-order chi connectivity index (χ0) is 9.42. The van der Waals surface area contributed by atoms with Crippen molar-refractivity contribution in [2.45, 2.75) is 17.6 Å². The molecule has 1 aromatic carbocycles. The van der Waals surface area contributed by atoms with Gasteiger partial charge in [0, 0.05) is 10.1 Å². The molecule has 0 bridgehead atoms. The third kappa shape index (κ3) is 1.36. The summed E-state index contributed by atoms with van der Waals surface area (Å²) < 4.78 is 15.3. The van der Waals surface area contributed by atoms with Gasteiger partial charge in [-0.25, -0.2) is 4.39 Å². The molecule has 2 aromatic rings. The molecule has 1 aromatic heterocycles. The predicted octanol–water partition coefficient (Wildman–Crippen LogP) is 3.89. The second-order valence-corrected chi connectivity index (χ2v) is 4.65. The van der Waals surface area contributed by atoms with E-state index in [9.17, 15) is 4.39 Å². The summed E-state index contributed by atoms with van der Waals surface area (Å²) in [4.78, 5) is 0. The summed E-state index contributed by atoms with van der Waals surface area (Å²) in [7, 11) is 0. The number of hydrogen-bond acceptors (Lipinski definition) is 2. The summed E-state index contributed by atoms with van der Waals surface area (Å²) in [5, 5.41) is 0.750. The van der Waals surface area contributed by atoms with Gasteiger partial charge >= 0.3 is 0 Å². The molecule has 68 valence electrons. The van der Waals surface area contributed by atoms with Gasteiger partial charge in [-0.05, 0) is 24.1 Å². The number of hydrogen-bond donors (Lipinski definition) is 1. The molecule has 0 atom stereocenters. The third-order valence-corrected chi connectivity index (χ3v) is 3.64. The summed E-state index contributed by atoms with van der Waals surface area (Å²) in [6.07, 6.45) is 0.833. The lowest BCUT2D eigenvalue weighted by molar-refractivity contribution is 0.639. The molecule has 0 aliphatic heterocycles. The van der Waals surface area contributed by atoms with E-state index in [0.717, 1.165) is 26.3 Å². The Hall–Kier alpha value is -0.540. The van der Waals surface area contributed by atoms with Crippen LogP contribution < -0.4 is 0 Å². The van der Waals surface area contributed by atoms with Crippen LogP contribution >= 0.6 is 24.0 Å². The van der Waals surface area contributed by atoms with E-state index < -0.39 is 0 Å². The van der Waals surface area contributed by atoms with Gasteiger partial charge in [-0.2, -0.15) is 0 Å². The Morgan fingerprint density at radius 2 is 2.23 bits per heavy atom. The molecule has 0 N–H and O–H groups in total. The van der Waals surface area contributed by atoms with Crippen molar-refractivity contribution < 1.29 is 4.39 Å². The lowest BCUT2D eigenvalue weighted by atomic mass is 10.1. The van der Waals surface area contributed by atoms with E-state index in [1.54, 1.807) is 17.4 Å². The molecule has 0 saturated carbocycles. The van der Waals surface area contributed by atoms with Crippen LogP contribution in [0.4, 0.5) is 4.39 Å². The molecule has 0 nitrogen and oxygen atoms in total. The maximum atomic E-state index is 13.4. The summed E-state index contributed by atoms with van der Waals surface area (Å²) in [6.45, 7) is 2.02. The van der Waals surface area contributed by atoms with Gasteiger partial charge in [-0.15, -0.1) is 24.0 Å². The van der Waals surface area contributed by atoms with Crippen LogP contribution in [0.3, 0.4) is 0 Å². The minimum Gasteiger partial charge on any atom is -0.206 e. The van der Waals surface area contributed by atoms with Crippen LogP contribution in [0.1, 0.15) is 12.5 Å². The van der Waals surface area contributed by atoms with Gasteiger partial charge in [0.1, 0.15) is 5.82 Å². The van der Waals surface area contributed by atoms with Crippen LogP contribution in [0.2, 0.25) is 0 Å². The minimum absolute atomic E-state index is 0.133. The van der Waals surface area contributed by atoms with Crippen molar-refractivity contribution >= 4 is 34.1 Å². The largest absolute Gasteiger partial charge is 0.206 e. The fourth-order valence-corrected chi connectivity index (χ4v) is 3.10. The first kappa shape index (κ1) is 9.03. The monoisotopic (exact) mass is 212 g/mol. The SMILES string of the molecule is CCc1c(S)sc2cccc(F)c12. The quantitative estimate of drug-likeness (QED) is 0.681. The Bertz CT molecular complexity index is 445. The molecule has 0 amide bonds. The normalized spacial score (nSPS) is 11.0. The average molecular weight is 212 g/mol. The van der Waals surface area contributed by atoms with Crippen LogP contribution in [-0.4, -0.2) is 0 Å². The highest BCUT2D eigenvalue weighted by Crippen LogP contribution is 2.35. The van der Waals surface area contributed by atoms with Crippen molar-refractivity contribution in [1.29, 1.82) is 0 Å². The first-order chi connectivity index (χ1) is 6.24. The van der Waals surface area contributed by atoms with E-state index >= 15 is 0 Å². The maximum Gasteiger partial charge on any atom is 0.132 e. The highest BCUT2D eigenvalue weighted by molar-refractivity contribution is 7.83. The number of halogens is 1. The van der Waals surface area contributed by atoms with Crippen molar-refractivity contribution in [3.63, 3.8) is 0 Å². The van der Waals surface area contributed by atoms with Gasteiger partial charge in [0.25, 0.3) is 0 Å². The van der Waals surface area contributed by atoms with Gasteiger partial charge in [0.05, 0.1) is 4.21 Å². The topological polar surface area (TPSA) is 0 Å². The summed E-state index contributed by atoms with van der Waals surface area (Å²) in [5.74, 6) is -0.133. The zero-order valence-corrected chi connectivity index (χ0v) is 8.88. The molecule has 2 rings (SSSR count). The van der Waals surface area contributed by atoms with E-state index in [2.05, 4.69) is 12.6 Å². The molecular weight excluding hydrogens is 203 g/mol. The highest BCUT2D eigenvalue weighted by Gasteiger charge is 2.10. The number of thiol groups is 1. The second-order valence-electron chi connectivity index (χ2n) is 2.85. The van der Waals surface area contributed by atoms with E-state index in [-0.39, 0.29) is 5.82 Å². The van der Waals surface area contributed by atoms with Crippen molar-refractivity contribution in [3.8, 4) is 0 Å². The Morgan fingerprint density at radius 1 is 1.46 bits per heavy atom. The maximum absolute atomic E-state index is 13.4. The Labute approximate surface area is 85.8 Å². The molecule has 0 fully saturated rings. The molecule has 0 saturated heterocycles. The van der Waals surface area contributed by atoms with Crippen molar-refractivity contribution in [2.75, 3.05) is 0 Å². The molecule has 3 heteroatoms. The van der Waals surface area contributed by atoms with E-state index in [4.69, 9.17) is 0 Å². The zero-order valence-electron chi connectivity index (χ0n) is 7.17. The van der Waals surface area contributed by atoms with Crippen LogP contribution in [0.25, 0.3) is 10.1 Å². The highest BCUT2D eigenvalue weighted by atomic mass is 32.2. The smallest absolute Gasteiger partial charge is 0.132 e. The number of thiophene rings is 1. The predicted molar refractivity (Wildman–Crippen MR) is 58.4 cm³/mol. The second kappa shape index (κ2) is 3.31. The third-order valence-electron chi connectivity index (χ3n) is 2.10. The lowest BCUT2D eigenvalue weighted by Crippen LogP contribution is -1.81. The first-order valence-corrected chi connectivity index (χ1v) is 5.39. The summed E-state index contributed by atoms with van der Waals surface area (Å²) >= 11 is 5.88. The van der Waals surface area contributed by atoms with Gasteiger partial charge in [-0.1, -0.05) is 13.0 Å². The van der Waals surface area contributed by atoms with Crippen LogP contribution in [0.5, 0.6) is 0 Å². The first-order valence-electron chi connectivity index (χ1n) is 4.13. The average Bonchev–Trinajstić information content (AvgIpc) is 2.42. The number of benzene rings is 1. The molecule has 0 radical (unpaired) electrons. The molecule has 0 aliphatic carbocycles. The fraction of sp³-hybridized carbons (Fsp3) is 0.200. The van der Waals surface area contributed by atoms with Crippen molar-refractivity contribution in [2.24, 2.45) is 0 Å². The fourth-order valence-electron chi connectivity index (χ4n) is 1.48. The number of fused-ring (bicyclic) bond motifs is 1. The Kier molecular flexibility index (Phi) is 2.30. The minimum atomic E-state index is -0.133. The molecule has 0 spiro atoms. The number of rotatable bonds is 1.